The molecular formula is C19H16NY-. The molecule has 0 fully saturated rings. The van der Waals surface area contributed by atoms with Gasteiger partial charge < -0.3 is 0 Å². The monoisotopic (exact) mass is 347 g/mol. The van der Waals surface area contributed by atoms with E-state index in [1.165, 1.54) is 11.3 Å². The van der Waals surface area contributed by atoms with Crippen molar-refractivity contribution in [1.29, 1.82) is 0 Å². The molecule has 21 heavy (non-hydrogen) atoms. The predicted octanol–water partition coefficient (Wildman–Crippen LogP) is 3.75. The summed E-state index contributed by atoms with van der Waals surface area (Å²) in [5.74, 6) is 0. The first-order chi connectivity index (χ1) is 9.75. The van der Waals surface area contributed by atoms with Crippen LogP contribution in [0.3, 0.4) is 0 Å². The number of aromatic nitrogens is 1. The molecule has 1 radical (unpaired) electrons. The van der Waals surface area contributed by atoms with Crippen LogP contribution in [0.15, 0.2) is 60.8 Å². The number of aryl methyl sites for hydroxylation is 2. The molecule has 0 atom stereocenters. The summed E-state index contributed by atoms with van der Waals surface area (Å²) in [6.45, 7) is 2.12. The maximum atomic E-state index is 3.53. The van der Waals surface area contributed by atoms with E-state index in [0.717, 1.165) is 16.7 Å². The van der Waals surface area contributed by atoms with E-state index >= 15 is 0 Å². The topological polar surface area (TPSA) is 3.88 Å². The second-order valence-corrected chi connectivity index (χ2v) is 4.90. The Bertz CT molecular complexity index is 736. The zero-order chi connectivity index (χ0) is 13.9. The van der Waals surface area contributed by atoms with E-state index in [0.29, 0.717) is 0 Å². The Morgan fingerprint density at radius 2 is 1.71 bits per heavy atom. The van der Waals surface area contributed by atoms with Crippen LogP contribution >= 0.6 is 0 Å². The fraction of sp³-hybridized carbons (Fsp3) is 0.105. The molecule has 1 heterocycles. The molecule has 3 aromatic rings. The summed E-state index contributed by atoms with van der Waals surface area (Å²) in [7, 11) is 2.06. The van der Waals surface area contributed by atoms with Gasteiger partial charge in [0.05, 0.1) is 0 Å². The average molecular weight is 347 g/mol. The van der Waals surface area contributed by atoms with Crippen LogP contribution in [0.5, 0.6) is 0 Å². The Kier molecular flexibility index (Phi) is 5.44. The second-order valence-electron chi connectivity index (χ2n) is 4.90. The van der Waals surface area contributed by atoms with Gasteiger partial charge in [-0.15, -0.1) is 17.7 Å². The summed E-state index contributed by atoms with van der Waals surface area (Å²) in [6, 6.07) is 25.3. The molecule has 0 saturated carbocycles. The molecule has 2 aromatic carbocycles. The molecule has 2 heteroatoms. The molecule has 0 saturated heterocycles. The van der Waals surface area contributed by atoms with Gasteiger partial charge >= 0.3 is 0 Å². The molecule has 101 valence electrons. The van der Waals surface area contributed by atoms with E-state index in [1.807, 2.05) is 24.3 Å². The average Bonchev–Trinajstić information content (AvgIpc) is 2.49. The van der Waals surface area contributed by atoms with Gasteiger partial charge in [0.2, 0.25) is 0 Å². The van der Waals surface area contributed by atoms with Crippen LogP contribution in [0.1, 0.15) is 5.56 Å². The SMILES string of the molecule is Cc1ccc(-c2[c-]cccc2)[c-]c1-c1cccc[n+]1C.[Y]. The van der Waals surface area contributed by atoms with E-state index < -0.39 is 0 Å². The van der Waals surface area contributed by atoms with Crippen LogP contribution in [-0.4, -0.2) is 0 Å². The third-order valence-electron chi connectivity index (χ3n) is 3.46. The molecule has 0 spiro atoms. The Morgan fingerprint density at radius 3 is 2.43 bits per heavy atom. The molecule has 3 rings (SSSR count). The third-order valence-corrected chi connectivity index (χ3v) is 3.46. The molecule has 1 nitrogen and oxygen atoms in total. The first kappa shape index (κ1) is 16.1. The van der Waals surface area contributed by atoms with Gasteiger partial charge in [0, 0.05) is 38.8 Å². The van der Waals surface area contributed by atoms with Crippen molar-refractivity contribution in [3.8, 4) is 22.4 Å². The minimum Gasteiger partial charge on any atom is -0.234 e. The van der Waals surface area contributed by atoms with Gasteiger partial charge in [-0.25, -0.2) is 10.1 Å². The number of hydrogen-bond acceptors (Lipinski definition) is 0. The molecular weight excluding hydrogens is 331 g/mol. The predicted molar refractivity (Wildman–Crippen MR) is 80.9 cm³/mol. The Morgan fingerprint density at radius 1 is 0.905 bits per heavy atom. The van der Waals surface area contributed by atoms with Crippen molar-refractivity contribution in [2.24, 2.45) is 7.05 Å². The van der Waals surface area contributed by atoms with E-state index in [2.05, 4.69) is 67.2 Å². The van der Waals surface area contributed by atoms with E-state index in [9.17, 15) is 0 Å². The maximum Gasteiger partial charge on any atom is 0.161 e. The van der Waals surface area contributed by atoms with Crippen molar-refractivity contribution in [3.63, 3.8) is 0 Å². The standard InChI is InChI=1S/C19H16N.Y/c1-15-11-12-17(16-8-4-3-5-9-16)14-18(15)19-10-6-7-13-20(19)2;/h3-8,10-13H,1-2H3;/q-1;. The maximum absolute atomic E-state index is 3.53. The van der Waals surface area contributed by atoms with Crippen molar-refractivity contribution in [1.82, 2.24) is 0 Å². The molecule has 0 bridgehead atoms. The van der Waals surface area contributed by atoms with Crippen molar-refractivity contribution in [2.45, 2.75) is 6.92 Å². The third kappa shape index (κ3) is 3.48. The van der Waals surface area contributed by atoms with Crippen molar-refractivity contribution < 1.29 is 37.3 Å². The molecule has 0 amide bonds. The van der Waals surface area contributed by atoms with Crippen LogP contribution in [-0.2, 0) is 39.8 Å². The fourth-order valence-electron chi connectivity index (χ4n) is 2.33. The van der Waals surface area contributed by atoms with Crippen LogP contribution < -0.4 is 4.57 Å². The van der Waals surface area contributed by atoms with E-state index in [4.69, 9.17) is 0 Å². The summed E-state index contributed by atoms with van der Waals surface area (Å²) in [4.78, 5) is 0. The first-order valence-electron chi connectivity index (χ1n) is 6.71. The summed E-state index contributed by atoms with van der Waals surface area (Å²) in [5, 5.41) is 0. The second kappa shape index (κ2) is 7.11. The van der Waals surface area contributed by atoms with E-state index in [1.54, 1.807) is 0 Å². The number of benzene rings is 2. The molecule has 0 aliphatic carbocycles. The summed E-state index contributed by atoms with van der Waals surface area (Å²) >= 11 is 0. The van der Waals surface area contributed by atoms with Crippen LogP contribution in [0.25, 0.3) is 22.4 Å². The van der Waals surface area contributed by atoms with Gasteiger partial charge in [-0.2, -0.15) is 42.0 Å². The Balaban J connectivity index is 0.00000161. The van der Waals surface area contributed by atoms with Gasteiger partial charge in [0.15, 0.2) is 6.20 Å². The fourth-order valence-corrected chi connectivity index (χ4v) is 2.33. The zero-order valence-electron chi connectivity index (χ0n) is 12.3. The number of rotatable bonds is 2. The minimum atomic E-state index is 0. The normalized spacial score (nSPS) is 10.0. The minimum absolute atomic E-state index is 0. The van der Waals surface area contributed by atoms with Crippen LogP contribution in [0, 0.1) is 19.1 Å². The van der Waals surface area contributed by atoms with Gasteiger partial charge in [-0.05, 0) is 6.07 Å². The Labute approximate surface area is 151 Å². The van der Waals surface area contributed by atoms with Gasteiger partial charge in [-0.3, -0.25) is 0 Å². The molecule has 0 aliphatic rings. The molecule has 0 N–H and O–H groups in total. The van der Waals surface area contributed by atoms with Crippen molar-refractivity contribution in [3.05, 3.63) is 78.5 Å². The van der Waals surface area contributed by atoms with Crippen LogP contribution in [0.2, 0.25) is 0 Å². The van der Waals surface area contributed by atoms with Gasteiger partial charge in [0.25, 0.3) is 0 Å². The quantitative estimate of drug-likeness (QED) is 0.491. The Hall–Kier alpha value is -1.31. The molecule has 0 unspecified atom stereocenters. The van der Waals surface area contributed by atoms with Crippen molar-refractivity contribution >= 4 is 0 Å². The van der Waals surface area contributed by atoms with Crippen LogP contribution in [0.4, 0.5) is 0 Å². The molecule has 1 aromatic heterocycles. The van der Waals surface area contributed by atoms with E-state index in [-0.39, 0.29) is 32.7 Å². The largest absolute Gasteiger partial charge is 0.234 e. The smallest absolute Gasteiger partial charge is 0.161 e. The van der Waals surface area contributed by atoms with Gasteiger partial charge in [0.1, 0.15) is 12.7 Å². The summed E-state index contributed by atoms with van der Waals surface area (Å²) < 4.78 is 2.12. The summed E-state index contributed by atoms with van der Waals surface area (Å²) in [5.41, 5.74) is 5.69. The number of nitrogens with zero attached hydrogens (tertiary/aromatic N) is 1. The number of pyridine rings is 1. The molecule has 0 aliphatic heterocycles. The first-order valence-corrected chi connectivity index (χ1v) is 6.71. The number of hydrogen-bond donors (Lipinski definition) is 0. The summed E-state index contributed by atoms with van der Waals surface area (Å²) in [6.07, 6.45) is 2.06. The van der Waals surface area contributed by atoms with Gasteiger partial charge in [-0.1, -0.05) is 18.6 Å². The zero-order valence-corrected chi connectivity index (χ0v) is 15.1. The van der Waals surface area contributed by atoms with Crippen molar-refractivity contribution in [2.75, 3.05) is 0 Å².